The molecule has 0 aliphatic rings. The zero-order valence-electron chi connectivity index (χ0n) is 14.7. The van der Waals surface area contributed by atoms with Crippen LogP contribution in [0.1, 0.15) is 46.0 Å². The quantitative estimate of drug-likeness (QED) is 0.652. The summed E-state index contributed by atoms with van der Waals surface area (Å²) in [6.45, 7) is 7.59. The Labute approximate surface area is 146 Å². The van der Waals surface area contributed by atoms with E-state index in [1.165, 1.54) is 0 Å². The highest BCUT2D eigenvalue weighted by Crippen LogP contribution is 2.24. The van der Waals surface area contributed by atoms with Crippen molar-refractivity contribution in [2.45, 2.75) is 33.8 Å². The van der Waals surface area contributed by atoms with Crippen LogP contribution in [-0.4, -0.2) is 16.2 Å². The summed E-state index contributed by atoms with van der Waals surface area (Å²) < 4.78 is 11.1. The second-order valence-electron chi connectivity index (χ2n) is 6.18. The highest BCUT2D eigenvalue weighted by molar-refractivity contribution is 5.91. The molecular weight excluding hydrogens is 316 g/mol. The smallest absolute Gasteiger partial charge is 0.339 e. The molecule has 3 aromatic rings. The first kappa shape index (κ1) is 16.9. The topological polar surface area (TPSA) is 65.2 Å². The Kier molecular flexibility index (Phi) is 4.65. The van der Waals surface area contributed by atoms with Crippen molar-refractivity contribution in [3.8, 4) is 11.5 Å². The van der Waals surface area contributed by atoms with Crippen LogP contribution in [0.3, 0.4) is 0 Å². The van der Waals surface area contributed by atoms with E-state index in [1.807, 2.05) is 57.2 Å². The van der Waals surface area contributed by atoms with E-state index < -0.39 is 12.1 Å². The molecule has 3 rings (SSSR count). The molecule has 0 bridgehead atoms. The molecule has 0 amide bonds. The maximum atomic E-state index is 12.4. The molecule has 1 aromatic heterocycles. The van der Waals surface area contributed by atoms with Crippen LogP contribution in [0, 0.1) is 20.8 Å². The van der Waals surface area contributed by atoms with Gasteiger partial charge in [0.15, 0.2) is 6.10 Å². The Balaban J connectivity index is 1.74. The van der Waals surface area contributed by atoms with Gasteiger partial charge in [0, 0.05) is 5.56 Å². The van der Waals surface area contributed by atoms with Gasteiger partial charge in [0.05, 0.1) is 5.56 Å². The van der Waals surface area contributed by atoms with Crippen LogP contribution >= 0.6 is 0 Å². The Bertz CT molecular complexity index is 898. The molecule has 0 saturated carbocycles. The van der Waals surface area contributed by atoms with Crippen molar-refractivity contribution in [2.24, 2.45) is 0 Å². The summed E-state index contributed by atoms with van der Waals surface area (Å²) in [6, 6.07) is 13.4. The minimum absolute atomic E-state index is 0.272. The van der Waals surface area contributed by atoms with Gasteiger partial charge in [0.2, 0.25) is 5.89 Å². The van der Waals surface area contributed by atoms with E-state index >= 15 is 0 Å². The molecule has 0 spiro atoms. The molecule has 128 valence electrons. The average Bonchev–Trinajstić information content (AvgIpc) is 3.05. The lowest BCUT2D eigenvalue weighted by Crippen LogP contribution is -2.11. The Morgan fingerprint density at radius 2 is 1.68 bits per heavy atom. The first-order valence-electron chi connectivity index (χ1n) is 8.12. The van der Waals surface area contributed by atoms with Gasteiger partial charge in [0.25, 0.3) is 5.89 Å². The summed E-state index contributed by atoms with van der Waals surface area (Å²) in [7, 11) is 0. The third-order valence-electron chi connectivity index (χ3n) is 3.97. The predicted molar refractivity (Wildman–Crippen MR) is 94.2 cm³/mol. The van der Waals surface area contributed by atoms with E-state index in [4.69, 9.17) is 9.15 Å². The number of carbonyl (C=O) groups excluding carboxylic acids is 1. The van der Waals surface area contributed by atoms with E-state index in [0.717, 1.165) is 22.3 Å². The normalized spacial score (nSPS) is 12.0. The van der Waals surface area contributed by atoms with Crippen LogP contribution in [0.2, 0.25) is 0 Å². The van der Waals surface area contributed by atoms with Crippen LogP contribution in [-0.2, 0) is 4.74 Å². The number of ether oxygens (including phenoxy) is 1. The van der Waals surface area contributed by atoms with E-state index in [0.29, 0.717) is 11.5 Å². The lowest BCUT2D eigenvalue weighted by atomic mass is 10.1. The van der Waals surface area contributed by atoms with Gasteiger partial charge < -0.3 is 9.15 Å². The van der Waals surface area contributed by atoms with Crippen molar-refractivity contribution in [2.75, 3.05) is 0 Å². The number of benzene rings is 2. The monoisotopic (exact) mass is 336 g/mol. The number of rotatable bonds is 4. The largest absolute Gasteiger partial charge is 0.449 e. The predicted octanol–water partition coefficient (Wildman–Crippen LogP) is 4.58. The summed E-state index contributed by atoms with van der Waals surface area (Å²) in [5.74, 6) is 0.276. The molecule has 0 saturated heterocycles. The van der Waals surface area contributed by atoms with Gasteiger partial charge in [-0.05, 0) is 51.5 Å². The number of hydrogen-bond acceptors (Lipinski definition) is 5. The fourth-order valence-corrected chi connectivity index (χ4v) is 2.53. The second kappa shape index (κ2) is 6.89. The summed E-state index contributed by atoms with van der Waals surface area (Å²) in [4.78, 5) is 12.4. The Morgan fingerprint density at radius 1 is 1.00 bits per heavy atom. The third-order valence-corrected chi connectivity index (χ3v) is 3.97. The molecule has 2 aromatic carbocycles. The molecule has 5 nitrogen and oxygen atoms in total. The standard InChI is InChI=1S/C20H20N2O3/c1-12-5-8-16(9-6-12)19-22-21-18(25-19)15(4)24-20(23)17-10-7-13(2)11-14(17)3/h5-11,15H,1-4H3/t15-/m0/s1. The summed E-state index contributed by atoms with van der Waals surface area (Å²) >= 11 is 0. The first-order chi connectivity index (χ1) is 11.9. The summed E-state index contributed by atoms with van der Waals surface area (Å²) in [5.41, 5.74) is 4.50. The number of nitrogens with zero attached hydrogens (tertiary/aromatic N) is 2. The number of hydrogen-bond donors (Lipinski definition) is 0. The van der Waals surface area contributed by atoms with Crippen LogP contribution < -0.4 is 0 Å². The molecule has 1 atom stereocenters. The molecule has 0 aliphatic carbocycles. The van der Waals surface area contributed by atoms with Crippen molar-refractivity contribution in [3.05, 3.63) is 70.6 Å². The van der Waals surface area contributed by atoms with Crippen molar-refractivity contribution >= 4 is 5.97 Å². The molecule has 0 unspecified atom stereocenters. The fraction of sp³-hybridized carbons (Fsp3) is 0.250. The maximum absolute atomic E-state index is 12.4. The lowest BCUT2D eigenvalue weighted by Gasteiger charge is -2.11. The first-order valence-corrected chi connectivity index (χ1v) is 8.12. The van der Waals surface area contributed by atoms with Crippen LogP contribution in [0.5, 0.6) is 0 Å². The van der Waals surface area contributed by atoms with Crippen molar-refractivity contribution in [1.82, 2.24) is 10.2 Å². The molecule has 1 heterocycles. The SMILES string of the molecule is Cc1ccc(-c2nnc([C@H](C)OC(=O)c3ccc(C)cc3C)o2)cc1. The van der Waals surface area contributed by atoms with Crippen LogP contribution in [0.4, 0.5) is 0 Å². The second-order valence-corrected chi connectivity index (χ2v) is 6.18. The van der Waals surface area contributed by atoms with Gasteiger partial charge in [-0.2, -0.15) is 0 Å². The third kappa shape index (κ3) is 3.76. The number of carbonyl (C=O) groups is 1. The lowest BCUT2D eigenvalue weighted by molar-refractivity contribution is 0.0279. The Morgan fingerprint density at radius 3 is 2.36 bits per heavy atom. The molecule has 0 N–H and O–H groups in total. The van der Waals surface area contributed by atoms with Gasteiger partial charge in [-0.3, -0.25) is 0 Å². The van der Waals surface area contributed by atoms with Gasteiger partial charge in [-0.25, -0.2) is 4.79 Å². The van der Waals surface area contributed by atoms with E-state index in [2.05, 4.69) is 10.2 Å². The minimum atomic E-state index is -0.625. The highest BCUT2D eigenvalue weighted by Gasteiger charge is 2.20. The molecule has 0 radical (unpaired) electrons. The van der Waals surface area contributed by atoms with Crippen molar-refractivity contribution in [3.63, 3.8) is 0 Å². The van der Waals surface area contributed by atoms with Gasteiger partial charge in [-0.1, -0.05) is 35.4 Å². The number of aromatic nitrogens is 2. The van der Waals surface area contributed by atoms with Gasteiger partial charge in [0.1, 0.15) is 0 Å². The summed E-state index contributed by atoms with van der Waals surface area (Å²) in [5, 5.41) is 8.04. The van der Waals surface area contributed by atoms with Crippen LogP contribution in [0.25, 0.3) is 11.5 Å². The Hall–Kier alpha value is -2.95. The molecule has 0 aliphatic heterocycles. The summed E-state index contributed by atoms with van der Waals surface area (Å²) in [6.07, 6.45) is -0.625. The number of esters is 1. The molecule has 0 fully saturated rings. The zero-order valence-corrected chi connectivity index (χ0v) is 14.7. The number of aryl methyl sites for hydroxylation is 3. The molecule has 5 heteroatoms. The van der Waals surface area contributed by atoms with Crippen LogP contribution in [0.15, 0.2) is 46.9 Å². The van der Waals surface area contributed by atoms with Crippen molar-refractivity contribution in [1.29, 1.82) is 0 Å². The van der Waals surface area contributed by atoms with Gasteiger partial charge in [-0.15, -0.1) is 10.2 Å². The average molecular weight is 336 g/mol. The molecular formula is C20H20N2O3. The van der Waals surface area contributed by atoms with E-state index in [1.54, 1.807) is 13.0 Å². The molecule has 25 heavy (non-hydrogen) atoms. The fourth-order valence-electron chi connectivity index (χ4n) is 2.53. The van der Waals surface area contributed by atoms with E-state index in [9.17, 15) is 4.79 Å². The van der Waals surface area contributed by atoms with Crippen molar-refractivity contribution < 1.29 is 13.9 Å². The zero-order chi connectivity index (χ0) is 18.0. The van der Waals surface area contributed by atoms with E-state index in [-0.39, 0.29) is 5.89 Å². The highest BCUT2D eigenvalue weighted by atomic mass is 16.6. The van der Waals surface area contributed by atoms with Gasteiger partial charge >= 0.3 is 5.97 Å². The minimum Gasteiger partial charge on any atom is -0.449 e. The maximum Gasteiger partial charge on any atom is 0.339 e.